The highest BCUT2D eigenvalue weighted by atomic mass is 35.5. The minimum atomic E-state index is -0.299. The average molecular weight is 246 g/mol. The summed E-state index contributed by atoms with van der Waals surface area (Å²) in [5, 5.41) is 1.47. The van der Waals surface area contributed by atoms with Crippen LogP contribution in [0.2, 0.25) is 5.02 Å². The van der Waals surface area contributed by atoms with E-state index >= 15 is 0 Å². The number of aromatic amines is 1. The number of halogens is 2. The van der Waals surface area contributed by atoms with Crippen LogP contribution in [0.4, 0.5) is 4.39 Å². The molecule has 0 spiro atoms. The summed E-state index contributed by atoms with van der Waals surface area (Å²) < 4.78 is 13.8. The van der Waals surface area contributed by atoms with Crippen LogP contribution in [0.3, 0.4) is 0 Å². The fourth-order valence-electron chi connectivity index (χ4n) is 1.98. The fraction of sp³-hybridized carbons (Fsp3) is 0. The number of benzene rings is 2. The average Bonchev–Trinajstić information content (AvgIpc) is 2.76. The zero-order chi connectivity index (χ0) is 11.8. The molecule has 3 aromatic rings. The van der Waals surface area contributed by atoms with E-state index in [1.807, 2.05) is 30.5 Å². The zero-order valence-corrected chi connectivity index (χ0v) is 9.63. The van der Waals surface area contributed by atoms with E-state index in [1.165, 1.54) is 6.07 Å². The third kappa shape index (κ3) is 1.71. The topological polar surface area (TPSA) is 15.8 Å². The Morgan fingerprint density at radius 3 is 2.76 bits per heavy atom. The molecule has 1 aromatic heterocycles. The normalized spacial score (nSPS) is 10.9. The van der Waals surface area contributed by atoms with Gasteiger partial charge in [-0.25, -0.2) is 4.39 Å². The van der Waals surface area contributed by atoms with Crippen LogP contribution < -0.4 is 0 Å². The van der Waals surface area contributed by atoms with Crippen molar-refractivity contribution in [1.29, 1.82) is 0 Å². The number of fused-ring (bicyclic) bond motifs is 1. The lowest BCUT2D eigenvalue weighted by molar-refractivity contribution is 0.631. The first kappa shape index (κ1) is 10.4. The van der Waals surface area contributed by atoms with Crippen LogP contribution in [0.25, 0.3) is 22.0 Å². The van der Waals surface area contributed by atoms with E-state index in [0.717, 1.165) is 16.5 Å². The molecule has 0 bridgehead atoms. The lowest BCUT2D eigenvalue weighted by Gasteiger charge is -2.06. The van der Waals surface area contributed by atoms with Crippen molar-refractivity contribution >= 4 is 22.5 Å². The summed E-state index contributed by atoms with van der Waals surface area (Å²) in [6.45, 7) is 0. The Kier molecular flexibility index (Phi) is 2.37. The van der Waals surface area contributed by atoms with E-state index in [1.54, 1.807) is 12.1 Å². The molecule has 0 unspecified atom stereocenters. The molecule has 0 aliphatic rings. The van der Waals surface area contributed by atoms with Gasteiger partial charge in [-0.15, -0.1) is 0 Å². The number of hydrogen-bond acceptors (Lipinski definition) is 0. The Labute approximate surface area is 103 Å². The van der Waals surface area contributed by atoms with Gasteiger partial charge in [0.25, 0.3) is 0 Å². The van der Waals surface area contributed by atoms with Crippen LogP contribution in [0.15, 0.2) is 48.7 Å². The molecule has 0 saturated carbocycles. The molecule has 0 aliphatic carbocycles. The summed E-state index contributed by atoms with van der Waals surface area (Å²) in [5.74, 6) is -0.299. The summed E-state index contributed by atoms with van der Waals surface area (Å²) in [5.41, 5.74) is 2.28. The van der Waals surface area contributed by atoms with Gasteiger partial charge in [-0.2, -0.15) is 0 Å². The molecule has 0 fully saturated rings. The maximum Gasteiger partial charge on any atom is 0.132 e. The second-order valence-corrected chi connectivity index (χ2v) is 4.28. The van der Waals surface area contributed by atoms with Gasteiger partial charge in [-0.1, -0.05) is 23.7 Å². The van der Waals surface area contributed by atoms with Crippen LogP contribution in [0.5, 0.6) is 0 Å². The standard InChI is InChI=1S/C14H9ClFN/c15-11-2-1-3-12(16)14(11)10-4-5-13-9(8-10)6-7-17-13/h1-8,17H. The first-order valence-electron chi connectivity index (χ1n) is 5.27. The molecule has 3 rings (SSSR count). The Hall–Kier alpha value is -1.80. The van der Waals surface area contributed by atoms with Gasteiger partial charge in [0.1, 0.15) is 5.82 Å². The summed E-state index contributed by atoms with van der Waals surface area (Å²) in [6.07, 6.45) is 1.86. The third-order valence-corrected chi connectivity index (χ3v) is 3.12. The van der Waals surface area contributed by atoms with E-state index in [0.29, 0.717) is 10.6 Å². The molecule has 0 radical (unpaired) electrons. The van der Waals surface area contributed by atoms with Crippen LogP contribution in [0, 0.1) is 5.82 Å². The second-order valence-electron chi connectivity index (χ2n) is 3.88. The van der Waals surface area contributed by atoms with Crippen molar-refractivity contribution < 1.29 is 4.39 Å². The Bertz CT molecular complexity index is 667. The van der Waals surface area contributed by atoms with E-state index < -0.39 is 0 Å². The molecule has 3 heteroatoms. The maximum absolute atomic E-state index is 13.8. The van der Waals surface area contributed by atoms with Gasteiger partial charge in [0.15, 0.2) is 0 Å². The summed E-state index contributed by atoms with van der Waals surface area (Å²) in [4.78, 5) is 3.10. The number of aromatic nitrogens is 1. The first-order valence-corrected chi connectivity index (χ1v) is 5.65. The summed E-state index contributed by atoms with van der Waals surface area (Å²) in [7, 11) is 0. The monoisotopic (exact) mass is 245 g/mol. The van der Waals surface area contributed by atoms with Crippen LogP contribution in [-0.2, 0) is 0 Å². The van der Waals surface area contributed by atoms with Gasteiger partial charge in [-0.3, -0.25) is 0 Å². The van der Waals surface area contributed by atoms with Crippen molar-refractivity contribution in [2.24, 2.45) is 0 Å². The quantitative estimate of drug-likeness (QED) is 0.644. The van der Waals surface area contributed by atoms with Crippen molar-refractivity contribution in [2.45, 2.75) is 0 Å². The molecule has 1 nitrogen and oxygen atoms in total. The van der Waals surface area contributed by atoms with Crippen molar-refractivity contribution in [1.82, 2.24) is 4.98 Å². The Morgan fingerprint density at radius 2 is 1.94 bits per heavy atom. The maximum atomic E-state index is 13.8. The van der Waals surface area contributed by atoms with Crippen LogP contribution in [0.1, 0.15) is 0 Å². The molecular formula is C14H9ClFN. The lowest BCUT2D eigenvalue weighted by Crippen LogP contribution is -1.85. The van der Waals surface area contributed by atoms with Gasteiger partial charge in [0, 0.05) is 17.3 Å². The van der Waals surface area contributed by atoms with E-state index in [-0.39, 0.29) is 5.82 Å². The molecular weight excluding hydrogens is 237 g/mol. The number of hydrogen-bond donors (Lipinski definition) is 1. The molecule has 0 amide bonds. The molecule has 84 valence electrons. The van der Waals surface area contributed by atoms with Crippen LogP contribution >= 0.6 is 11.6 Å². The van der Waals surface area contributed by atoms with Crippen molar-refractivity contribution in [3.63, 3.8) is 0 Å². The first-order chi connectivity index (χ1) is 8.25. The van der Waals surface area contributed by atoms with Crippen LogP contribution in [-0.4, -0.2) is 4.98 Å². The largest absolute Gasteiger partial charge is 0.361 e. The summed E-state index contributed by atoms with van der Waals surface area (Å²) in [6, 6.07) is 12.4. The van der Waals surface area contributed by atoms with E-state index in [4.69, 9.17) is 11.6 Å². The highest BCUT2D eigenvalue weighted by molar-refractivity contribution is 6.33. The number of H-pyrrole nitrogens is 1. The van der Waals surface area contributed by atoms with Crippen molar-refractivity contribution in [3.05, 3.63) is 59.5 Å². The Morgan fingerprint density at radius 1 is 1.06 bits per heavy atom. The van der Waals surface area contributed by atoms with Gasteiger partial charge in [0.05, 0.1) is 5.02 Å². The fourth-order valence-corrected chi connectivity index (χ4v) is 2.25. The van der Waals surface area contributed by atoms with Crippen molar-refractivity contribution in [3.8, 4) is 11.1 Å². The van der Waals surface area contributed by atoms with Gasteiger partial charge in [0.2, 0.25) is 0 Å². The molecule has 0 atom stereocenters. The summed E-state index contributed by atoms with van der Waals surface area (Å²) >= 11 is 6.04. The van der Waals surface area contributed by atoms with E-state index in [9.17, 15) is 4.39 Å². The SMILES string of the molecule is Fc1cccc(Cl)c1-c1ccc2[nH]ccc2c1. The molecule has 0 aliphatic heterocycles. The van der Waals surface area contributed by atoms with Gasteiger partial charge < -0.3 is 4.98 Å². The predicted molar refractivity (Wildman–Crippen MR) is 68.7 cm³/mol. The third-order valence-electron chi connectivity index (χ3n) is 2.80. The Balaban J connectivity index is 2.26. The van der Waals surface area contributed by atoms with Gasteiger partial charge in [-0.05, 0) is 41.3 Å². The zero-order valence-electron chi connectivity index (χ0n) is 8.87. The predicted octanol–water partition coefficient (Wildman–Crippen LogP) is 4.63. The number of nitrogens with one attached hydrogen (secondary N) is 1. The molecule has 1 heterocycles. The smallest absolute Gasteiger partial charge is 0.132 e. The molecule has 17 heavy (non-hydrogen) atoms. The second kappa shape index (κ2) is 3.90. The highest BCUT2D eigenvalue weighted by Crippen LogP contribution is 2.32. The highest BCUT2D eigenvalue weighted by Gasteiger charge is 2.09. The molecule has 0 saturated heterocycles. The van der Waals surface area contributed by atoms with Gasteiger partial charge >= 0.3 is 0 Å². The van der Waals surface area contributed by atoms with E-state index in [2.05, 4.69) is 4.98 Å². The molecule has 2 aromatic carbocycles. The number of rotatable bonds is 1. The lowest BCUT2D eigenvalue weighted by atomic mass is 10.0. The van der Waals surface area contributed by atoms with Crippen molar-refractivity contribution in [2.75, 3.05) is 0 Å². The molecule has 1 N–H and O–H groups in total. The minimum Gasteiger partial charge on any atom is -0.361 e. The minimum absolute atomic E-state index is 0.299.